The molecular formula is C23H27N3O5S. The second-order valence-corrected chi connectivity index (χ2v) is 9.20. The highest BCUT2D eigenvalue weighted by Crippen LogP contribution is 2.27. The first-order chi connectivity index (χ1) is 15.3. The van der Waals surface area contributed by atoms with Crippen molar-refractivity contribution in [2.75, 3.05) is 31.3 Å². The van der Waals surface area contributed by atoms with Crippen molar-refractivity contribution in [1.29, 1.82) is 0 Å². The van der Waals surface area contributed by atoms with E-state index in [1.54, 1.807) is 58.0 Å². The van der Waals surface area contributed by atoms with Crippen LogP contribution in [0.5, 0.6) is 5.75 Å². The van der Waals surface area contributed by atoms with Crippen molar-refractivity contribution in [2.24, 2.45) is 0 Å². The Balaban J connectivity index is 1.87. The highest BCUT2D eigenvalue weighted by atomic mass is 32.2. The van der Waals surface area contributed by atoms with Gasteiger partial charge in [0.05, 0.1) is 12.0 Å². The Labute approximate surface area is 187 Å². The van der Waals surface area contributed by atoms with Gasteiger partial charge in [0.25, 0.3) is 0 Å². The molecule has 0 saturated heterocycles. The minimum absolute atomic E-state index is 0.0215. The zero-order valence-electron chi connectivity index (χ0n) is 18.4. The molecule has 3 rings (SSSR count). The molecule has 0 atom stereocenters. The molecule has 1 heterocycles. The van der Waals surface area contributed by atoms with E-state index in [0.29, 0.717) is 35.4 Å². The van der Waals surface area contributed by atoms with Crippen LogP contribution in [-0.2, 0) is 26.0 Å². The standard InChI is InChI=1S/C23H27N3O5S/c1-4-25(5-2)23(28)15-26-14-21(19-11-6-7-12-20(19)26)32(29,30)16-22(27)24-17-9-8-10-18(13-17)31-3/h6-14H,4-5,15-16H2,1-3H3,(H,24,27). The van der Waals surface area contributed by atoms with Crippen LogP contribution in [0.4, 0.5) is 5.69 Å². The van der Waals surface area contributed by atoms with E-state index in [9.17, 15) is 18.0 Å². The number of anilines is 1. The molecule has 8 nitrogen and oxygen atoms in total. The van der Waals surface area contributed by atoms with Crippen LogP contribution in [0, 0.1) is 0 Å². The molecule has 1 N–H and O–H groups in total. The van der Waals surface area contributed by atoms with Crippen LogP contribution in [0.25, 0.3) is 10.9 Å². The number of hydrogen-bond acceptors (Lipinski definition) is 5. The SMILES string of the molecule is CCN(CC)C(=O)Cn1cc(S(=O)(=O)CC(=O)Nc2cccc(OC)c2)c2ccccc21. The van der Waals surface area contributed by atoms with Crippen molar-refractivity contribution < 1.29 is 22.7 Å². The molecule has 0 saturated carbocycles. The zero-order valence-corrected chi connectivity index (χ0v) is 19.2. The number of hydrogen-bond donors (Lipinski definition) is 1. The summed E-state index contributed by atoms with van der Waals surface area (Å²) in [6, 6.07) is 13.6. The van der Waals surface area contributed by atoms with Gasteiger partial charge in [-0.05, 0) is 32.0 Å². The molecule has 0 aliphatic carbocycles. The quantitative estimate of drug-likeness (QED) is 0.533. The lowest BCUT2D eigenvalue weighted by molar-refractivity contribution is -0.131. The fourth-order valence-electron chi connectivity index (χ4n) is 3.56. The van der Waals surface area contributed by atoms with E-state index >= 15 is 0 Å². The van der Waals surface area contributed by atoms with E-state index in [1.807, 2.05) is 13.8 Å². The van der Waals surface area contributed by atoms with Gasteiger partial charge in [0.2, 0.25) is 11.8 Å². The predicted molar refractivity (Wildman–Crippen MR) is 124 cm³/mol. The number of likely N-dealkylation sites (N-methyl/N-ethyl adjacent to an activating group) is 1. The van der Waals surface area contributed by atoms with Gasteiger partial charge < -0.3 is 19.5 Å². The fraction of sp³-hybridized carbons (Fsp3) is 0.304. The lowest BCUT2D eigenvalue weighted by Gasteiger charge is -2.19. The molecule has 0 aliphatic rings. The molecule has 2 amide bonds. The number of methoxy groups -OCH3 is 1. The number of ether oxygens (including phenoxy) is 1. The van der Waals surface area contributed by atoms with Gasteiger partial charge >= 0.3 is 0 Å². The number of nitrogens with one attached hydrogen (secondary N) is 1. The van der Waals surface area contributed by atoms with Gasteiger partial charge in [0.1, 0.15) is 18.0 Å². The molecule has 1 aromatic heterocycles. The number of carbonyl (C=O) groups excluding carboxylic acids is 2. The maximum Gasteiger partial charge on any atom is 0.242 e. The minimum Gasteiger partial charge on any atom is -0.497 e. The minimum atomic E-state index is -3.96. The number of carbonyl (C=O) groups is 2. The van der Waals surface area contributed by atoms with Crippen LogP contribution in [-0.4, -0.2) is 55.7 Å². The number of para-hydroxylation sites is 1. The summed E-state index contributed by atoms with van der Waals surface area (Å²) in [4.78, 5) is 26.8. The lowest BCUT2D eigenvalue weighted by atomic mass is 10.2. The first kappa shape index (κ1) is 23.3. The van der Waals surface area contributed by atoms with Gasteiger partial charge in [-0.3, -0.25) is 9.59 Å². The lowest BCUT2D eigenvalue weighted by Crippen LogP contribution is -2.33. The number of benzene rings is 2. The Morgan fingerprint density at radius 1 is 1.06 bits per heavy atom. The Hall–Kier alpha value is -3.33. The second kappa shape index (κ2) is 9.86. The normalized spacial score (nSPS) is 11.3. The Morgan fingerprint density at radius 2 is 1.78 bits per heavy atom. The smallest absolute Gasteiger partial charge is 0.242 e. The third-order valence-electron chi connectivity index (χ3n) is 5.18. The summed E-state index contributed by atoms with van der Waals surface area (Å²) in [7, 11) is -2.45. The molecule has 9 heteroatoms. The Kier molecular flexibility index (Phi) is 7.19. The molecule has 170 valence electrons. The third kappa shape index (κ3) is 5.11. The number of fused-ring (bicyclic) bond motifs is 1. The van der Waals surface area contributed by atoms with Crippen molar-refractivity contribution >= 4 is 38.2 Å². The molecule has 2 aromatic carbocycles. The van der Waals surface area contributed by atoms with E-state index in [1.165, 1.54) is 13.3 Å². The number of aromatic nitrogens is 1. The first-order valence-corrected chi connectivity index (χ1v) is 12.0. The Morgan fingerprint density at radius 3 is 2.47 bits per heavy atom. The average Bonchev–Trinajstić information content (AvgIpc) is 3.14. The molecule has 0 unspecified atom stereocenters. The summed E-state index contributed by atoms with van der Waals surface area (Å²) in [5.74, 6) is -0.932. The van der Waals surface area contributed by atoms with E-state index in [0.717, 1.165) is 0 Å². The highest BCUT2D eigenvalue weighted by molar-refractivity contribution is 7.92. The van der Waals surface area contributed by atoms with Crippen molar-refractivity contribution in [3.8, 4) is 5.75 Å². The molecule has 3 aromatic rings. The van der Waals surface area contributed by atoms with E-state index in [-0.39, 0.29) is 17.3 Å². The van der Waals surface area contributed by atoms with Crippen LogP contribution < -0.4 is 10.1 Å². The molecule has 0 spiro atoms. The zero-order chi connectivity index (χ0) is 23.3. The monoisotopic (exact) mass is 457 g/mol. The fourth-order valence-corrected chi connectivity index (χ4v) is 4.93. The molecule has 32 heavy (non-hydrogen) atoms. The van der Waals surface area contributed by atoms with Crippen molar-refractivity contribution in [2.45, 2.75) is 25.3 Å². The number of rotatable bonds is 9. The van der Waals surface area contributed by atoms with Crippen LogP contribution in [0.1, 0.15) is 13.8 Å². The maximum absolute atomic E-state index is 13.1. The molecule has 0 fully saturated rings. The summed E-state index contributed by atoms with van der Waals surface area (Å²) < 4.78 is 33.0. The number of amides is 2. The van der Waals surface area contributed by atoms with Crippen LogP contribution in [0.2, 0.25) is 0 Å². The summed E-state index contributed by atoms with van der Waals surface area (Å²) in [6.07, 6.45) is 1.44. The number of sulfone groups is 1. The highest BCUT2D eigenvalue weighted by Gasteiger charge is 2.25. The van der Waals surface area contributed by atoms with Crippen molar-refractivity contribution in [1.82, 2.24) is 9.47 Å². The van der Waals surface area contributed by atoms with Gasteiger partial charge in [0.15, 0.2) is 9.84 Å². The molecule has 0 aliphatic heterocycles. The second-order valence-electron chi connectivity index (χ2n) is 7.24. The predicted octanol–water partition coefficient (Wildman–Crippen LogP) is 2.93. The van der Waals surface area contributed by atoms with Crippen molar-refractivity contribution in [3.63, 3.8) is 0 Å². The van der Waals surface area contributed by atoms with Gasteiger partial charge in [-0.1, -0.05) is 24.3 Å². The van der Waals surface area contributed by atoms with E-state index < -0.39 is 21.5 Å². The van der Waals surface area contributed by atoms with Gasteiger partial charge in [-0.25, -0.2) is 8.42 Å². The summed E-state index contributed by atoms with van der Waals surface area (Å²) in [6.45, 7) is 4.96. The summed E-state index contributed by atoms with van der Waals surface area (Å²) in [5.41, 5.74) is 1.07. The Bertz CT molecular complexity index is 1230. The largest absolute Gasteiger partial charge is 0.497 e. The van der Waals surface area contributed by atoms with E-state index in [4.69, 9.17) is 4.74 Å². The van der Waals surface area contributed by atoms with Crippen LogP contribution >= 0.6 is 0 Å². The molecule has 0 bridgehead atoms. The summed E-state index contributed by atoms with van der Waals surface area (Å²) >= 11 is 0. The van der Waals surface area contributed by atoms with Crippen LogP contribution in [0.15, 0.2) is 59.6 Å². The van der Waals surface area contributed by atoms with Gasteiger partial charge in [-0.2, -0.15) is 0 Å². The number of nitrogens with zero attached hydrogens (tertiary/aromatic N) is 2. The average molecular weight is 458 g/mol. The van der Waals surface area contributed by atoms with Gasteiger partial charge in [-0.15, -0.1) is 0 Å². The summed E-state index contributed by atoms with van der Waals surface area (Å²) in [5, 5.41) is 3.07. The third-order valence-corrected chi connectivity index (χ3v) is 6.82. The molecular weight excluding hydrogens is 430 g/mol. The van der Waals surface area contributed by atoms with E-state index in [2.05, 4.69) is 5.32 Å². The topological polar surface area (TPSA) is 97.7 Å². The van der Waals surface area contributed by atoms with Crippen LogP contribution in [0.3, 0.4) is 0 Å². The molecule has 0 radical (unpaired) electrons. The van der Waals surface area contributed by atoms with Crippen molar-refractivity contribution in [3.05, 3.63) is 54.7 Å². The first-order valence-electron chi connectivity index (χ1n) is 10.3. The maximum atomic E-state index is 13.1. The van der Waals surface area contributed by atoms with Gasteiger partial charge in [0, 0.05) is 41.9 Å².